The van der Waals surface area contributed by atoms with E-state index >= 15 is 0 Å². The van der Waals surface area contributed by atoms with Gasteiger partial charge in [-0.1, -0.05) is 0 Å². The van der Waals surface area contributed by atoms with E-state index in [0.717, 1.165) is 5.56 Å². The number of benzene rings is 1. The Labute approximate surface area is 134 Å². The van der Waals surface area contributed by atoms with Crippen molar-refractivity contribution in [1.82, 2.24) is 4.90 Å². The van der Waals surface area contributed by atoms with Crippen LogP contribution in [0.3, 0.4) is 0 Å². The first-order valence-electron chi connectivity index (χ1n) is 7.58. The van der Waals surface area contributed by atoms with Crippen LogP contribution >= 0.6 is 0 Å². The van der Waals surface area contributed by atoms with Crippen molar-refractivity contribution >= 4 is 5.69 Å². The number of nitro benzene ring substituents is 1. The monoisotopic (exact) mass is 320 g/mol. The van der Waals surface area contributed by atoms with Gasteiger partial charge in [0, 0.05) is 30.8 Å². The quantitative estimate of drug-likeness (QED) is 0.677. The van der Waals surface area contributed by atoms with Crippen LogP contribution in [0.5, 0.6) is 5.75 Å². The number of nitro groups is 1. The predicted molar refractivity (Wildman–Crippen MR) is 83.2 cm³/mol. The van der Waals surface area contributed by atoms with E-state index in [0.29, 0.717) is 37.8 Å². The molecule has 0 aromatic heterocycles. The average Bonchev–Trinajstić information content (AvgIpc) is 2.82. The Morgan fingerprint density at radius 2 is 2.09 bits per heavy atom. The fourth-order valence-corrected chi connectivity index (χ4v) is 2.96. The molecule has 2 aliphatic heterocycles. The summed E-state index contributed by atoms with van der Waals surface area (Å²) >= 11 is 0. The van der Waals surface area contributed by atoms with E-state index in [-0.39, 0.29) is 11.7 Å². The van der Waals surface area contributed by atoms with E-state index in [4.69, 9.17) is 9.47 Å². The van der Waals surface area contributed by atoms with Crippen molar-refractivity contribution in [2.24, 2.45) is 0 Å². The van der Waals surface area contributed by atoms with E-state index in [1.54, 1.807) is 32.1 Å². The Kier molecular flexibility index (Phi) is 4.09. The van der Waals surface area contributed by atoms with Crippen LogP contribution in [0.15, 0.2) is 30.0 Å². The third-order valence-corrected chi connectivity index (χ3v) is 3.90. The van der Waals surface area contributed by atoms with Crippen molar-refractivity contribution < 1.29 is 19.5 Å². The number of fused-ring (bicyclic) bond motifs is 1. The Morgan fingerprint density at radius 3 is 2.70 bits per heavy atom. The van der Waals surface area contributed by atoms with E-state index in [9.17, 15) is 15.2 Å². The zero-order chi connectivity index (χ0) is 16.6. The minimum absolute atomic E-state index is 0.0371. The molecule has 23 heavy (non-hydrogen) atoms. The highest BCUT2D eigenvalue weighted by molar-refractivity contribution is 5.52. The van der Waals surface area contributed by atoms with Crippen LogP contribution in [0, 0.1) is 10.1 Å². The highest BCUT2D eigenvalue weighted by Gasteiger charge is 2.37. The van der Waals surface area contributed by atoms with Crippen molar-refractivity contribution in [2.45, 2.75) is 25.5 Å². The van der Waals surface area contributed by atoms with Crippen LogP contribution in [0.25, 0.3) is 0 Å². The fraction of sp³-hybridized carbons (Fsp3) is 0.500. The van der Waals surface area contributed by atoms with Gasteiger partial charge in [-0.05, 0) is 26.0 Å². The summed E-state index contributed by atoms with van der Waals surface area (Å²) in [4.78, 5) is 12.8. The van der Waals surface area contributed by atoms with Crippen molar-refractivity contribution in [3.05, 3.63) is 45.7 Å². The van der Waals surface area contributed by atoms with Crippen LogP contribution in [-0.4, -0.2) is 46.8 Å². The number of hydrogen-bond donors (Lipinski definition) is 1. The first-order valence-corrected chi connectivity index (χ1v) is 7.58. The molecule has 3 rings (SSSR count). The topological polar surface area (TPSA) is 85.1 Å². The lowest BCUT2D eigenvalue weighted by atomic mass is 10.0. The first kappa shape index (κ1) is 15.9. The summed E-state index contributed by atoms with van der Waals surface area (Å²) in [6.45, 7) is 5.97. The molecule has 1 aromatic rings. The van der Waals surface area contributed by atoms with Crippen molar-refractivity contribution in [3.63, 3.8) is 0 Å². The van der Waals surface area contributed by atoms with Gasteiger partial charge in [0.2, 0.25) is 0 Å². The highest BCUT2D eigenvalue weighted by atomic mass is 16.6. The average molecular weight is 320 g/mol. The summed E-state index contributed by atoms with van der Waals surface area (Å²) in [5.74, 6) is 1.21. The third-order valence-electron chi connectivity index (χ3n) is 3.90. The lowest BCUT2D eigenvalue weighted by Gasteiger charge is -2.32. The maximum atomic E-state index is 11.1. The predicted octanol–water partition coefficient (Wildman–Crippen LogP) is 2.02. The van der Waals surface area contributed by atoms with Gasteiger partial charge in [0.1, 0.15) is 11.5 Å². The van der Waals surface area contributed by atoms with Gasteiger partial charge in [-0.3, -0.25) is 15.0 Å². The highest BCUT2D eigenvalue weighted by Crippen LogP contribution is 2.45. The maximum absolute atomic E-state index is 11.1. The number of ether oxygens (including phenoxy) is 2. The summed E-state index contributed by atoms with van der Waals surface area (Å²) in [5.41, 5.74) is -0.236. The van der Waals surface area contributed by atoms with Gasteiger partial charge < -0.3 is 14.6 Å². The minimum Gasteiger partial charge on any atom is -0.460 e. The second-order valence-corrected chi connectivity index (χ2v) is 6.33. The molecule has 1 fully saturated rings. The molecule has 124 valence electrons. The fourth-order valence-electron chi connectivity index (χ4n) is 2.96. The molecular formula is C16H20N2O5. The molecule has 7 nitrogen and oxygen atoms in total. The standard InChI is InChI=1S/C16H20N2O5/c1-16(2,19)10-14-15(17-5-7-22-8-6-17)12-9-11(18(20)21)3-4-13(12)23-14/h3-4,9-10,15,19H,5-8H2,1-2H3/b14-10-. The zero-order valence-corrected chi connectivity index (χ0v) is 13.2. The van der Waals surface area contributed by atoms with Gasteiger partial charge in [0.05, 0.1) is 29.8 Å². The van der Waals surface area contributed by atoms with E-state index < -0.39 is 10.5 Å². The molecule has 2 aliphatic rings. The number of rotatable bonds is 3. The van der Waals surface area contributed by atoms with Crippen LogP contribution in [0.1, 0.15) is 25.5 Å². The van der Waals surface area contributed by atoms with E-state index in [1.165, 1.54) is 6.07 Å². The Hall–Kier alpha value is -1.96. The number of morpholine rings is 1. The summed E-state index contributed by atoms with van der Waals surface area (Å²) < 4.78 is 11.3. The van der Waals surface area contributed by atoms with Gasteiger partial charge >= 0.3 is 0 Å². The van der Waals surface area contributed by atoms with Gasteiger partial charge in [0.15, 0.2) is 0 Å². The van der Waals surface area contributed by atoms with Crippen LogP contribution in [0.4, 0.5) is 5.69 Å². The van der Waals surface area contributed by atoms with Gasteiger partial charge in [0.25, 0.3) is 5.69 Å². The number of aliphatic hydroxyl groups is 1. The smallest absolute Gasteiger partial charge is 0.270 e. The second kappa shape index (κ2) is 5.92. The van der Waals surface area contributed by atoms with E-state index in [1.807, 2.05) is 0 Å². The molecule has 0 aliphatic carbocycles. The molecular weight excluding hydrogens is 300 g/mol. The Bertz CT molecular complexity index is 644. The number of non-ortho nitro benzene ring substituents is 1. The van der Waals surface area contributed by atoms with Gasteiger partial charge in [-0.15, -0.1) is 0 Å². The van der Waals surface area contributed by atoms with Crippen molar-refractivity contribution in [2.75, 3.05) is 26.3 Å². The molecule has 0 bridgehead atoms. The Morgan fingerprint density at radius 1 is 1.39 bits per heavy atom. The molecule has 0 amide bonds. The minimum atomic E-state index is -1.03. The lowest BCUT2D eigenvalue weighted by molar-refractivity contribution is -0.384. The lowest BCUT2D eigenvalue weighted by Crippen LogP contribution is -2.39. The van der Waals surface area contributed by atoms with Crippen LogP contribution in [-0.2, 0) is 4.74 Å². The molecule has 7 heteroatoms. The number of nitrogens with zero attached hydrogens (tertiary/aromatic N) is 2. The van der Waals surface area contributed by atoms with Crippen LogP contribution in [0.2, 0.25) is 0 Å². The normalized spacial score (nSPS) is 23.6. The molecule has 0 saturated carbocycles. The molecule has 0 spiro atoms. The summed E-state index contributed by atoms with van der Waals surface area (Å²) in [6, 6.07) is 4.37. The molecule has 1 unspecified atom stereocenters. The van der Waals surface area contributed by atoms with Gasteiger partial charge in [-0.25, -0.2) is 0 Å². The molecule has 1 atom stereocenters. The molecule has 2 heterocycles. The number of hydrogen-bond acceptors (Lipinski definition) is 6. The van der Waals surface area contributed by atoms with Crippen LogP contribution < -0.4 is 4.74 Å². The summed E-state index contributed by atoms with van der Waals surface area (Å²) in [5, 5.41) is 21.2. The summed E-state index contributed by atoms with van der Waals surface area (Å²) in [7, 11) is 0. The van der Waals surface area contributed by atoms with Gasteiger partial charge in [-0.2, -0.15) is 0 Å². The van der Waals surface area contributed by atoms with Crippen molar-refractivity contribution in [1.29, 1.82) is 0 Å². The molecule has 1 saturated heterocycles. The third kappa shape index (κ3) is 3.36. The summed E-state index contributed by atoms with van der Waals surface area (Å²) in [6.07, 6.45) is 1.67. The largest absolute Gasteiger partial charge is 0.460 e. The molecule has 1 aromatic carbocycles. The van der Waals surface area contributed by atoms with Crippen molar-refractivity contribution in [3.8, 4) is 5.75 Å². The first-order chi connectivity index (χ1) is 10.8. The molecule has 0 radical (unpaired) electrons. The maximum Gasteiger partial charge on any atom is 0.270 e. The Balaban J connectivity index is 2.04. The van der Waals surface area contributed by atoms with E-state index in [2.05, 4.69) is 4.90 Å². The SMILES string of the molecule is CC(C)(O)/C=C1\Oc2ccc([N+](=O)[O-])cc2C1N1CCOCC1. The molecule has 1 N–H and O–H groups in total. The second-order valence-electron chi connectivity index (χ2n) is 6.33. The zero-order valence-electron chi connectivity index (χ0n) is 13.2.